The van der Waals surface area contributed by atoms with E-state index in [9.17, 15) is 33.6 Å². The maximum atomic E-state index is 12.6. The zero-order valence-corrected chi connectivity index (χ0v) is 18.1. The molecule has 0 saturated heterocycles. The van der Waals surface area contributed by atoms with Gasteiger partial charge < -0.3 is 42.7 Å². The van der Waals surface area contributed by atoms with E-state index in [-0.39, 0.29) is 12.3 Å². The molecule has 15 heteroatoms. The van der Waals surface area contributed by atoms with Gasteiger partial charge in [0.25, 0.3) is 0 Å². The van der Waals surface area contributed by atoms with Crippen LogP contribution in [0.25, 0.3) is 0 Å². The molecule has 0 aliphatic rings. The standard InChI is InChI=1S/C18H29N5O10/c1-7(2)3-9(16(30)23-11(18(32)33)5-12(20)24)22-17(31)10(6-14(27)28)21-15(29)8(19)4-13(25)26/h7-11H,3-6,19H2,1-2H3,(H2,20,24)(H,21,29)(H,22,31)(H,23,30)(H,25,26)(H,27,28)(H,32,33). The summed E-state index contributed by atoms with van der Waals surface area (Å²) < 4.78 is 0. The average Bonchev–Trinajstić information content (AvgIpc) is 2.64. The van der Waals surface area contributed by atoms with Gasteiger partial charge in [0.15, 0.2) is 0 Å². The molecule has 0 radical (unpaired) electrons. The van der Waals surface area contributed by atoms with E-state index in [4.69, 9.17) is 26.8 Å². The van der Waals surface area contributed by atoms with Crippen molar-refractivity contribution in [3.8, 4) is 0 Å². The molecular weight excluding hydrogens is 446 g/mol. The van der Waals surface area contributed by atoms with E-state index in [1.54, 1.807) is 13.8 Å². The van der Waals surface area contributed by atoms with Crippen LogP contribution in [-0.4, -0.2) is 81.0 Å². The Bertz CT molecular complexity index is 785. The van der Waals surface area contributed by atoms with E-state index < -0.39 is 85.0 Å². The monoisotopic (exact) mass is 475 g/mol. The molecule has 0 aliphatic carbocycles. The van der Waals surface area contributed by atoms with Gasteiger partial charge in [-0.05, 0) is 12.3 Å². The number of carbonyl (C=O) groups is 7. The van der Waals surface area contributed by atoms with Gasteiger partial charge in [0.2, 0.25) is 23.6 Å². The van der Waals surface area contributed by atoms with Crippen molar-refractivity contribution in [2.75, 3.05) is 0 Å². The molecule has 0 saturated carbocycles. The molecule has 0 aromatic carbocycles. The van der Waals surface area contributed by atoms with Gasteiger partial charge in [-0.3, -0.25) is 28.8 Å². The van der Waals surface area contributed by atoms with Crippen molar-refractivity contribution in [2.24, 2.45) is 17.4 Å². The molecule has 33 heavy (non-hydrogen) atoms. The summed E-state index contributed by atoms with van der Waals surface area (Å²) in [5, 5.41) is 33.2. The van der Waals surface area contributed by atoms with Gasteiger partial charge >= 0.3 is 17.9 Å². The molecule has 0 bridgehead atoms. The third-order valence-electron chi connectivity index (χ3n) is 4.10. The van der Waals surface area contributed by atoms with Crippen LogP contribution >= 0.6 is 0 Å². The van der Waals surface area contributed by atoms with Crippen molar-refractivity contribution in [2.45, 2.75) is 63.7 Å². The fourth-order valence-corrected chi connectivity index (χ4v) is 2.59. The second-order valence-electron chi connectivity index (χ2n) is 7.62. The predicted octanol–water partition coefficient (Wildman–Crippen LogP) is -3.28. The Hall–Kier alpha value is -3.75. The fraction of sp³-hybridized carbons (Fsp3) is 0.611. The summed E-state index contributed by atoms with van der Waals surface area (Å²) >= 11 is 0. The fourth-order valence-electron chi connectivity index (χ4n) is 2.59. The summed E-state index contributed by atoms with van der Waals surface area (Å²) in [5.74, 6) is -8.79. The Balaban J connectivity index is 5.56. The first-order valence-corrected chi connectivity index (χ1v) is 9.75. The first-order chi connectivity index (χ1) is 15.1. The predicted molar refractivity (Wildman–Crippen MR) is 109 cm³/mol. The van der Waals surface area contributed by atoms with Crippen molar-refractivity contribution in [1.82, 2.24) is 16.0 Å². The van der Waals surface area contributed by atoms with E-state index in [0.717, 1.165) is 0 Å². The van der Waals surface area contributed by atoms with Crippen LogP contribution in [0.2, 0.25) is 0 Å². The van der Waals surface area contributed by atoms with Gasteiger partial charge in [-0.25, -0.2) is 4.79 Å². The normalized spacial score (nSPS) is 14.3. The number of nitrogens with two attached hydrogens (primary N) is 2. The smallest absolute Gasteiger partial charge is 0.326 e. The van der Waals surface area contributed by atoms with Crippen molar-refractivity contribution < 1.29 is 48.9 Å². The van der Waals surface area contributed by atoms with Gasteiger partial charge in [-0.2, -0.15) is 0 Å². The summed E-state index contributed by atoms with van der Waals surface area (Å²) in [6.07, 6.45) is -2.40. The Morgan fingerprint density at radius 3 is 1.58 bits per heavy atom. The summed E-state index contributed by atoms with van der Waals surface area (Å²) in [6, 6.07) is -6.29. The van der Waals surface area contributed by atoms with E-state index in [1.807, 2.05) is 5.32 Å². The Morgan fingerprint density at radius 2 is 1.15 bits per heavy atom. The van der Waals surface area contributed by atoms with Gasteiger partial charge in [-0.1, -0.05) is 13.8 Å². The lowest BCUT2D eigenvalue weighted by atomic mass is 10.0. The minimum absolute atomic E-state index is 0.00719. The molecule has 0 fully saturated rings. The van der Waals surface area contributed by atoms with Crippen LogP contribution in [0, 0.1) is 5.92 Å². The molecule has 0 aromatic heterocycles. The topological polar surface area (TPSA) is 268 Å². The van der Waals surface area contributed by atoms with Gasteiger partial charge in [0, 0.05) is 0 Å². The zero-order chi connectivity index (χ0) is 25.9. The van der Waals surface area contributed by atoms with Gasteiger partial charge in [0.1, 0.15) is 18.1 Å². The van der Waals surface area contributed by atoms with Crippen LogP contribution in [-0.2, 0) is 33.6 Å². The van der Waals surface area contributed by atoms with Gasteiger partial charge in [-0.15, -0.1) is 0 Å². The maximum absolute atomic E-state index is 12.6. The first-order valence-electron chi connectivity index (χ1n) is 9.75. The van der Waals surface area contributed by atoms with Crippen LogP contribution in [0.5, 0.6) is 0 Å². The minimum atomic E-state index is -1.71. The van der Waals surface area contributed by atoms with Crippen LogP contribution in [0.1, 0.15) is 39.5 Å². The van der Waals surface area contributed by atoms with E-state index in [2.05, 4.69) is 10.6 Å². The third-order valence-corrected chi connectivity index (χ3v) is 4.10. The third kappa shape index (κ3) is 12.0. The number of carboxylic acids is 3. The van der Waals surface area contributed by atoms with Crippen LogP contribution < -0.4 is 27.4 Å². The van der Waals surface area contributed by atoms with Crippen molar-refractivity contribution in [3.63, 3.8) is 0 Å². The Labute approximate surface area is 188 Å². The summed E-state index contributed by atoms with van der Waals surface area (Å²) in [4.78, 5) is 81.3. The Morgan fingerprint density at radius 1 is 0.697 bits per heavy atom. The largest absolute Gasteiger partial charge is 0.481 e. The number of hydrogen-bond acceptors (Lipinski definition) is 8. The lowest BCUT2D eigenvalue weighted by molar-refractivity contribution is -0.144. The summed E-state index contributed by atoms with van der Waals surface area (Å²) in [7, 11) is 0. The van der Waals surface area contributed by atoms with E-state index >= 15 is 0 Å². The maximum Gasteiger partial charge on any atom is 0.326 e. The SMILES string of the molecule is CC(C)CC(NC(=O)C(CC(=O)O)NC(=O)C(N)CC(=O)O)C(=O)NC(CC(N)=O)C(=O)O. The van der Waals surface area contributed by atoms with Crippen LogP contribution in [0.4, 0.5) is 0 Å². The quantitative estimate of drug-likeness (QED) is 0.116. The number of aliphatic carboxylic acids is 3. The van der Waals surface area contributed by atoms with E-state index in [1.165, 1.54) is 0 Å². The van der Waals surface area contributed by atoms with Crippen molar-refractivity contribution in [1.29, 1.82) is 0 Å². The van der Waals surface area contributed by atoms with Crippen molar-refractivity contribution >= 4 is 41.5 Å². The number of carbonyl (C=O) groups excluding carboxylic acids is 4. The molecule has 0 heterocycles. The number of carboxylic acid groups (broad SMARTS) is 3. The summed E-state index contributed by atoms with van der Waals surface area (Å²) in [5.41, 5.74) is 10.4. The molecule has 0 aromatic rings. The molecule has 4 unspecified atom stereocenters. The molecule has 4 amide bonds. The molecule has 0 spiro atoms. The number of hydrogen-bond donors (Lipinski definition) is 8. The van der Waals surface area contributed by atoms with Gasteiger partial charge in [0.05, 0.1) is 25.3 Å². The second kappa shape index (κ2) is 13.6. The summed E-state index contributed by atoms with van der Waals surface area (Å²) in [6.45, 7) is 3.37. The average molecular weight is 475 g/mol. The van der Waals surface area contributed by atoms with Crippen LogP contribution in [0.15, 0.2) is 0 Å². The molecule has 0 aliphatic heterocycles. The number of rotatable bonds is 15. The zero-order valence-electron chi connectivity index (χ0n) is 18.1. The first kappa shape index (κ1) is 29.2. The van der Waals surface area contributed by atoms with Crippen LogP contribution in [0.3, 0.4) is 0 Å². The molecule has 186 valence electrons. The highest BCUT2D eigenvalue weighted by Crippen LogP contribution is 2.07. The second-order valence-corrected chi connectivity index (χ2v) is 7.62. The molecule has 4 atom stereocenters. The molecular formula is C18H29N5O10. The highest BCUT2D eigenvalue weighted by molar-refractivity contribution is 5.96. The number of primary amides is 1. The lowest BCUT2D eigenvalue weighted by Crippen LogP contribution is -2.58. The number of amides is 4. The minimum Gasteiger partial charge on any atom is -0.481 e. The highest BCUT2D eigenvalue weighted by Gasteiger charge is 2.32. The molecule has 10 N–H and O–H groups in total. The molecule has 0 rings (SSSR count). The molecule has 15 nitrogen and oxygen atoms in total. The Kier molecular flexibility index (Phi) is 12.1. The van der Waals surface area contributed by atoms with E-state index in [0.29, 0.717) is 0 Å². The lowest BCUT2D eigenvalue weighted by Gasteiger charge is -2.25. The number of nitrogens with one attached hydrogen (secondary N) is 3. The van der Waals surface area contributed by atoms with Crippen molar-refractivity contribution in [3.05, 3.63) is 0 Å². The highest BCUT2D eigenvalue weighted by atomic mass is 16.4.